The van der Waals surface area contributed by atoms with Gasteiger partial charge in [0.05, 0.1) is 12.5 Å². The fourth-order valence-electron chi connectivity index (χ4n) is 2.94. The molecule has 1 aromatic heterocycles. The van der Waals surface area contributed by atoms with Gasteiger partial charge in [-0.15, -0.1) is 10.2 Å². The molecule has 0 aliphatic carbocycles. The van der Waals surface area contributed by atoms with E-state index in [1.807, 2.05) is 0 Å². The van der Waals surface area contributed by atoms with Crippen molar-refractivity contribution in [2.45, 2.75) is 45.1 Å². The van der Waals surface area contributed by atoms with Crippen molar-refractivity contribution >= 4 is 5.91 Å². The second kappa shape index (κ2) is 6.35. The second-order valence-electron chi connectivity index (χ2n) is 5.60. The zero-order valence-electron chi connectivity index (χ0n) is 11.8. The summed E-state index contributed by atoms with van der Waals surface area (Å²) >= 11 is 0. The number of fused-ring (bicyclic) bond motifs is 1. The summed E-state index contributed by atoms with van der Waals surface area (Å²) in [5.74, 6) is 2.23. The number of carbonyl (C=O) groups is 1. The second-order valence-corrected chi connectivity index (χ2v) is 5.60. The summed E-state index contributed by atoms with van der Waals surface area (Å²) in [5, 5.41) is 11.5. The summed E-state index contributed by atoms with van der Waals surface area (Å²) in [7, 11) is 0. The number of hydrogen-bond acceptors (Lipinski definition) is 4. The van der Waals surface area contributed by atoms with Gasteiger partial charge in [-0.1, -0.05) is 0 Å². The van der Waals surface area contributed by atoms with E-state index in [-0.39, 0.29) is 11.8 Å². The summed E-state index contributed by atoms with van der Waals surface area (Å²) in [6, 6.07) is 0. The van der Waals surface area contributed by atoms with Gasteiger partial charge in [0.2, 0.25) is 5.91 Å². The van der Waals surface area contributed by atoms with Gasteiger partial charge in [-0.25, -0.2) is 0 Å². The topological polar surface area (TPSA) is 69.0 Å². The van der Waals surface area contributed by atoms with Gasteiger partial charge < -0.3 is 14.6 Å². The molecule has 1 fully saturated rings. The third kappa shape index (κ3) is 3.00. The maximum atomic E-state index is 12.0. The normalized spacial score (nSPS) is 22.3. The van der Waals surface area contributed by atoms with Crippen LogP contribution in [0.3, 0.4) is 0 Å². The summed E-state index contributed by atoms with van der Waals surface area (Å²) in [6.45, 7) is 3.00. The predicted octanol–water partition coefficient (Wildman–Crippen LogP) is 0.700. The number of rotatable bonds is 4. The van der Waals surface area contributed by atoms with Gasteiger partial charge in [-0.05, 0) is 25.7 Å². The van der Waals surface area contributed by atoms with Crippen LogP contribution in [0.5, 0.6) is 0 Å². The zero-order chi connectivity index (χ0) is 13.8. The minimum Gasteiger partial charge on any atom is -0.381 e. The van der Waals surface area contributed by atoms with Crippen molar-refractivity contribution in [1.29, 1.82) is 0 Å². The maximum Gasteiger partial charge on any atom is 0.225 e. The molecule has 110 valence electrons. The lowest BCUT2D eigenvalue weighted by atomic mass is 10.0. The Hall–Kier alpha value is -1.43. The lowest BCUT2D eigenvalue weighted by molar-refractivity contribution is -0.128. The SMILES string of the molecule is O=C(NCCc1nnc2n1CCCC2)C1CCCOC1. The zero-order valence-corrected chi connectivity index (χ0v) is 11.8. The van der Waals surface area contributed by atoms with E-state index in [1.165, 1.54) is 12.8 Å². The van der Waals surface area contributed by atoms with E-state index in [1.54, 1.807) is 0 Å². The van der Waals surface area contributed by atoms with Crippen molar-refractivity contribution < 1.29 is 9.53 Å². The van der Waals surface area contributed by atoms with Crippen LogP contribution in [0.15, 0.2) is 0 Å². The Morgan fingerprint density at radius 3 is 3.15 bits per heavy atom. The molecule has 2 aliphatic heterocycles. The van der Waals surface area contributed by atoms with Crippen LogP contribution in [0.1, 0.15) is 37.3 Å². The molecule has 1 atom stereocenters. The summed E-state index contributed by atoms with van der Waals surface area (Å²) < 4.78 is 7.55. The Labute approximate surface area is 118 Å². The van der Waals surface area contributed by atoms with E-state index in [0.717, 1.165) is 50.5 Å². The fourth-order valence-corrected chi connectivity index (χ4v) is 2.94. The Bertz CT molecular complexity index is 466. The standard InChI is InChI=1S/C14H22N4O2/c19-14(11-4-3-9-20-10-11)15-7-6-13-17-16-12-5-1-2-8-18(12)13/h11H,1-10H2,(H,15,19). The predicted molar refractivity (Wildman–Crippen MR) is 73.2 cm³/mol. The summed E-state index contributed by atoms with van der Waals surface area (Å²) in [4.78, 5) is 12.0. The first-order chi connectivity index (χ1) is 9.84. The van der Waals surface area contributed by atoms with Crippen LogP contribution in [0.2, 0.25) is 0 Å². The van der Waals surface area contributed by atoms with Crippen LogP contribution in [0.4, 0.5) is 0 Å². The maximum absolute atomic E-state index is 12.0. The molecule has 1 N–H and O–H groups in total. The molecule has 3 rings (SSSR count). The molecular weight excluding hydrogens is 256 g/mol. The van der Waals surface area contributed by atoms with Crippen molar-refractivity contribution in [1.82, 2.24) is 20.1 Å². The molecule has 0 radical (unpaired) electrons. The van der Waals surface area contributed by atoms with Crippen LogP contribution in [-0.4, -0.2) is 40.4 Å². The largest absolute Gasteiger partial charge is 0.381 e. The molecule has 0 aromatic carbocycles. The minimum absolute atomic E-state index is 0.0241. The van der Waals surface area contributed by atoms with Gasteiger partial charge in [-0.2, -0.15) is 0 Å². The molecule has 20 heavy (non-hydrogen) atoms. The van der Waals surface area contributed by atoms with E-state index in [4.69, 9.17) is 4.74 Å². The number of carbonyl (C=O) groups excluding carboxylic acids is 1. The summed E-state index contributed by atoms with van der Waals surface area (Å²) in [5.41, 5.74) is 0. The number of hydrogen-bond donors (Lipinski definition) is 1. The molecule has 1 unspecified atom stereocenters. The lowest BCUT2D eigenvalue weighted by Gasteiger charge is -2.21. The summed E-state index contributed by atoms with van der Waals surface area (Å²) in [6.07, 6.45) is 6.10. The van der Waals surface area contributed by atoms with Crippen LogP contribution < -0.4 is 5.32 Å². The average Bonchev–Trinajstić information content (AvgIpc) is 2.92. The molecule has 6 heteroatoms. The van der Waals surface area contributed by atoms with Crippen molar-refractivity contribution in [3.05, 3.63) is 11.6 Å². The molecule has 0 saturated carbocycles. The van der Waals surface area contributed by atoms with Crippen molar-refractivity contribution in [2.75, 3.05) is 19.8 Å². The van der Waals surface area contributed by atoms with Gasteiger partial charge in [0.25, 0.3) is 0 Å². The van der Waals surface area contributed by atoms with Crippen molar-refractivity contribution in [2.24, 2.45) is 5.92 Å². The number of aromatic nitrogens is 3. The number of nitrogens with one attached hydrogen (secondary N) is 1. The van der Waals surface area contributed by atoms with E-state index in [2.05, 4.69) is 20.1 Å². The Morgan fingerprint density at radius 2 is 2.30 bits per heavy atom. The van der Waals surface area contributed by atoms with E-state index in [9.17, 15) is 4.79 Å². The van der Waals surface area contributed by atoms with Crippen molar-refractivity contribution in [3.63, 3.8) is 0 Å². The first kappa shape index (κ1) is 13.5. The Morgan fingerprint density at radius 1 is 1.35 bits per heavy atom. The van der Waals surface area contributed by atoms with E-state index in [0.29, 0.717) is 13.2 Å². The van der Waals surface area contributed by atoms with Gasteiger partial charge in [-0.3, -0.25) is 4.79 Å². The third-order valence-corrected chi connectivity index (χ3v) is 4.12. The van der Waals surface area contributed by atoms with E-state index >= 15 is 0 Å². The molecule has 1 saturated heterocycles. The highest BCUT2D eigenvalue weighted by molar-refractivity contribution is 5.78. The first-order valence-corrected chi connectivity index (χ1v) is 7.61. The Balaban J connectivity index is 1.47. The van der Waals surface area contributed by atoms with Gasteiger partial charge in [0.15, 0.2) is 0 Å². The Kier molecular flexibility index (Phi) is 4.30. The fraction of sp³-hybridized carbons (Fsp3) is 0.786. The van der Waals surface area contributed by atoms with Crippen LogP contribution in [0.25, 0.3) is 0 Å². The highest BCUT2D eigenvalue weighted by Gasteiger charge is 2.21. The molecule has 1 amide bonds. The minimum atomic E-state index is 0.0241. The number of ether oxygens (including phenoxy) is 1. The smallest absolute Gasteiger partial charge is 0.225 e. The third-order valence-electron chi connectivity index (χ3n) is 4.12. The quantitative estimate of drug-likeness (QED) is 0.880. The molecule has 3 heterocycles. The molecule has 6 nitrogen and oxygen atoms in total. The van der Waals surface area contributed by atoms with Gasteiger partial charge >= 0.3 is 0 Å². The average molecular weight is 278 g/mol. The van der Waals surface area contributed by atoms with Crippen LogP contribution in [-0.2, 0) is 28.9 Å². The molecule has 0 bridgehead atoms. The first-order valence-electron chi connectivity index (χ1n) is 7.61. The van der Waals surface area contributed by atoms with Gasteiger partial charge in [0.1, 0.15) is 11.6 Å². The monoisotopic (exact) mass is 278 g/mol. The van der Waals surface area contributed by atoms with Crippen LogP contribution >= 0.6 is 0 Å². The molecule has 0 spiro atoms. The molecule has 2 aliphatic rings. The number of amides is 1. The lowest BCUT2D eigenvalue weighted by Crippen LogP contribution is -2.36. The highest BCUT2D eigenvalue weighted by atomic mass is 16.5. The number of nitrogens with zero attached hydrogens (tertiary/aromatic N) is 3. The highest BCUT2D eigenvalue weighted by Crippen LogP contribution is 2.15. The van der Waals surface area contributed by atoms with Crippen molar-refractivity contribution in [3.8, 4) is 0 Å². The van der Waals surface area contributed by atoms with E-state index < -0.39 is 0 Å². The molecular formula is C14H22N4O2. The van der Waals surface area contributed by atoms with Crippen LogP contribution in [0, 0.1) is 5.92 Å². The molecule has 1 aromatic rings. The number of aryl methyl sites for hydroxylation is 1. The van der Waals surface area contributed by atoms with Gasteiger partial charge in [0, 0.05) is 32.5 Å².